The number of aromatic amines is 1. The molecule has 0 radical (unpaired) electrons. The lowest BCUT2D eigenvalue weighted by molar-refractivity contribution is 0.298. The Morgan fingerprint density at radius 3 is 2.77 bits per heavy atom. The average molecular weight is 293 g/mol. The molecule has 2 heterocycles. The van der Waals surface area contributed by atoms with E-state index in [4.69, 9.17) is 4.74 Å². The van der Waals surface area contributed by atoms with Crippen molar-refractivity contribution in [3.8, 4) is 5.88 Å². The van der Waals surface area contributed by atoms with Gasteiger partial charge in [0.1, 0.15) is 24.4 Å². The normalized spacial score (nSPS) is 11.1. The SMILES string of the molecule is Fc1ccc2c(c1)[nH]c1ncnc(OCc3ccccc3)c12. The molecular formula is C17H12FN3O. The Labute approximate surface area is 125 Å². The molecule has 0 unspecified atom stereocenters. The van der Waals surface area contributed by atoms with E-state index in [-0.39, 0.29) is 5.82 Å². The number of halogens is 1. The summed E-state index contributed by atoms with van der Waals surface area (Å²) >= 11 is 0. The van der Waals surface area contributed by atoms with Gasteiger partial charge in [0.25, 0.3) is 0 Å². The minimum atomic E-state index is -0.293. The number of aromatic nitrogens is 3. The van der Waals surface area contributed by atoms with E-state index in [2.05, 4.69) is 15.0 Å². The largest absolute Gasteiger partial charge is 0.472 e. The summed E-state index contributed by atoms with van der Waals surface area (Å²) in [7, 11) is 0. The van der Waals surface area contributed by atoms with Crippen LogP contribution in [0, 0.1) is 5.82 Å². The molecule has 4 aromatic rings. The Hall–Kier alpha value is -2.95. The van der Waals surface area contributed by atoms with E-state index in [1.807, 2.05) is 30.3 Å². The first kappa shape index (κ1) is 12.8. The molecule has 4 nitrogen and oxygen atoms in total. The van der Waals surface area contributed by atoms with E-state index in [0.717, 1.165) is 16.3 Å². The van der Waals surface area contributed by atoms with Gasteiger partial charge in [-0.2, -0.15) is 0 Å². The number of hydrogen-bond donors (Lipinski definition) is 1. The lowest BCUT2D eigenvalue weighted by Crippen LogP contribution is -1.98. The fourth-order valence-electron chi connectivity index (χ4n) is 2.51. The molecule has 0 bridgehead atoms. The fraction of sp³-hybridized carbons (Fsp3) is 0.0588. The van der Waals surface area contributed by atoms with Crippen LogP contribution in [0.4, 0.5) is 4.39 Å². The zero-order valence-electron chi connectivity index (χ0n) is 11.6. The minimum absolute atomic E-state index is 0.293. The number of H-pyrrole nitrogens is 1. The molecule has 4 rings (SSSR count). The second-order valence-corrected chi connectivity index (χ2v) is 4.99. The second-order valence-electron chi connectivity index (χ2n) is 4.99. The summed E-state index contributed by atoms with van der Waals surface area (Å²) in [4.78, 5) is 11.5. The zero-order chi connectivity index (χ0) is 14.9. The summed E-state index contributed by atoms with van der Waals surface area (Å²) in [6, 6.07) is 14.4. The first-order valence-electron chi connectivity index (χ1n) is 6.90. The van der Waals surface area contributed by atoms with Gasteiger partial charge in [0.2, 0.25) is 5.88 Å². The molecule has 0 saturated carbocycles. The molecule has 108 valence electrons. The maximum Gasteiger partial charge on any atom is 0.227 e. The van der Waals surface area contributed by atoms with Gasteiger partial charge < -0.3 is 9.72 Å². The molecule has 0 atom stereocenters. The molecule has 2 aromatic carbocycles. The maximum atomic E-state index is 13.3. The first-order valence-corrected chi connectivity index (χ1v) is 6.90. The highest BCUT2D eigenvalue weighted by Crippen LogP contribution is 2.30. The quantitative estimate of drug-likeness (QED) is 0.624. The molecule has 22 heavy (non-hydrogen) atoms. The van der Waals surface area contributed by atoms with Crippen LogP contribution in [0.2, 0.25) is 0 Å². The van der Waals surface area contributed by atoms with Crippen molar-refractivity contribution < 1.29 is 9.13 Å². The Morgan fingerprint density at radius 1 is 1.05 bits per heavy atom. The summed E-state index contributed by atoms with van der Waals surface area (Å²) in [6.45, 7) is 0.417. The summed E-state index contributed by atoms with van der Waals surface area (Å²) < 4.78 is 19.2. The first-order chi connectivity index (χ1) is 10.8. The fourth-order valence-corrected chi connectivity index (χ4v) is 2.51. The number of ether oxygens (including phenoxy) is 1. The van der Waals surface area contributed by atoms with E-state index in [1.165, 1.54) is 18.5 Å². The topological polar surface area (TPSA) is 50.8 Å². The third-order valence-electron chi connectivity index (χ3n) is 3.53. The molecule has 0 amide bonds. The van der Waals surface area contributed by atoms with Crippen LogP contribution in [0.1, 0.15) is 5.56 Å². The van der Waals surface area contributed by atoms with Crippen LogP contribution in [-0.4, -0.2) is 15.0 Å². The molecule has 0 aliphatic heterocycles. The Kier molecular flexibility index (Phi) is 2.96. The van der Waals surface area contributed by atoms with Crippen molar-refractivity contribution in [2.75, 3.05) is 0 Å². The smallest absolute Gasteiger partial charge is 0.227 e. The van der Waals surface area contributed by atoms with Gasteiger partial charge in [-0.15, -0.1) is 0 Å². The van der Waals surface area contributed by atoms with Crippen LogP contribution >= 0.6 is 0 Å². The van der Waals surface area contributed by atoms with Crippen LogP contribution in [0.15, 0.2) is 54.9 Å². The highest BCUT2D eigenvalue weighted by molar-refractivity contribution is 6.08. The highest BCUT2D eigenvalue weighted by Gasteiger charge is 2.12. The minimum Gasteiger partial charge on any atom is -0.472 e. The maximum absolute atomic E-state index is 13.3. The monoisotopic (exact) mass is 293 g/mol. The van der Waals surface area contributed by atoms with Crippen molar-refractivity contribution in [3.63, 3.8) is 0 Å². The number of nitrogens with zero attached hydrogens (tertiary/aromatic N) is 2. The number of rotatable bonds is 3. The lowest BCUT2D eigenvalue weighted by Gasteiger charge is -2.06. The van der Waals surface area contributed by atoms with E-state index >= 15 is 0 Å². The molecule has 0 aliphatic carbocycles. The molecule has 0 saturated heterocycles. The van der Waals surface area contributed by atoms with E-state index in [9.17, 15) is 4.39 Å². The van der Waals surface area contributed by atoms with Crippen molar-refractivity contribution in [1.82, 2.24) is 15.0 Å². The van der Waals surface area contributed by atoms with Crippen molar-refractivity contribution in [2.45, 2.75) is 6.61 Å². The van der Waals surface area contributed by atoms with Gasteiger partial charge in [-0.3, -0.25) is 0 Å². The van der Waals surface area contributed by atoms with Crippen LogP contribution in [0.3, 0.4) is 0 Å². The van der Waals surface area contributed by atoms with Gasteiger partial charge in [0.05, 0.1) is 10.9 Å². The summed E-state index contributed by atoms with van der Waals surface area (Å²) in [5.41, 5.74) is 2.37. The Balaban J connectivity index is 1.78. The van der Waals surface area contributed by atoms with Crippen LogP contribution in [0.5, 0.6) is 5.88 Å². The molecule has 1 N–H and O–H groups in total. The predicted molar refractivity (Wildman–Crippen MR) is 82.1 cm³/mol. The molecule has 2 aromatic heterocycles. The summed E-state index contributed by atoms with van der Waals surface area (Å²) in [5.74, 6) is 0.200. The van der Waals surface area contributed by atoms with E-state index in [1.54, 1.807) is 6.07 Å². The van der Waals surface area contributed by atoms with E-state index < -0.39 is 0 Å². The van der Waals surface area contributed by atoms with Crippen molar-refractivity contribution >= 4 is 21.9 Å². The van der Waals surface area contributed by atoms with Gasteiger partial charge >= 0.3 is 0 Å². The number of nitrogens with one attached hydrogen (secondary N) is 1. The van der Waals surface area contributed by atoms with Gasteiger partial charge in [0, 0.05) is 5.39 Å². The average Bonchev–Trinajstić information content (AvgIpc) is 2.91. The number of hydrogen-bond acceptors (Lipinski definition) is 3. The third-order valence-corrected chi connectivity index (χ3v) is 3.53. The van der Waals surface area contributed by atoms with Gasteiger partial charge in [-0.1, -0.05) is 30.3 Å². The van der Waals surface area contributed by atoms with Gasteiger partial charge in [-0.25, -0.2) is 14.4 Å². The van der Waals surface area contributed by atoms with Gasteiger partial charge in [-0.05, 0) is 23.8 Å². The molecular weight excluding hydrogens is 281 g/mol. The molecule has 0 spiro atoms. The number of fused-ring (bicyclic) bond motifs is 3. The molecule has 0 aliphatic rings. The molecule has 0 fully saturated rings. The number of benzene rings is 2. The van der Waals surface area contributed by atoms with E-state index in [0.29, 0.717) is 23.7 Å². The Morgan fingerprint density at radius 2 is 1.91 bits per heavy atom. The van der Waals surface area contributed by atoms with Crippen molar-refractivity contribution in [1.29, 1.82) is 0 Å². The van der Waals surface area contributed by atoms with Crippen molar-refractivity contribution in [3.05, 3.63) is 66.2 Å². The van der Waals surface area contributed by atoms with Crippen LogP contribution in [-0.2, 0) is 6.61 Å². The summed E-state index contributed by atoms with van der Waals surface area (Å²) in [6.07, 6.45) is 1.44. The predicted octanol–water partition coefficient (Wildman–Crippen LogP) is 3.83. The molecule has 5 heteroatoms. The Bertz CT molecular complexity index is 950. The standard InChI is InChI=1S/C17H12FN3O/c18-12-6-7-13-14(8-12)21-16-15(13)17(20-10-19-16)22-9-11-4-2-1-3-5-11/h1-8,10H,9H2,(H,19,20,21). The lowest BCUT2D eigenvalue weighted by atomic mass is 10.2. The van der Waals surface area contributed by atoms with Crippen LogP contribution < -0.4 is 4.74 Å². The highest BCUT2D eigenvalue weighted by atomic mass is 19.1. The van der Waals surface area contributed by atoms with Gasteiger partial charge in [0.15, 0.2) is 0 Å². The second kappa shape index (κ2) is 5.11. The zero-order valence-corrected chi connectivity index (χ0v) is 11.6. The van der Waals surface area contributed by atoms with Crippen LogP contribution in [0.25, 0.3) is 21.9 Å². The summed E-state index contributed by atoms with van der Waals surface area (Å²) in [5, 5.41) is 1.62. The third kappa shape index (κ3) is 2.16. The van der Waals surface area contributed by atoms with Crippen molar-refractivity contribution in [2.24, 2.45) is 0 Å².